The second kappa shape index (κ2) is 7.14. The average molecular weight is 327 g/mol. The smallest absolute Gasteiger partial charge is 0.0328 e. The molecule has 3 nitrogen and oxygen atoms in total. The SMILES string of the molecule is c1ccc(-c2csc(CN3CCC(N4CCNCC4)C3)c2)cc1. The van der Waals surface area contributed by atoms with Crippen LogP contribution in [0.15, 0.2) is 41.8 Å². The van der Waals surface area contributed by atoms with Gasteiger partial charge >= 0.3 is 0 Å². The van der Waals surface area contributed by atoms with Gasteiger partial charge in [-0.15, -0.1) is 11.3 Å². The van der Waals surface area contributed by atoms with Crippen molar-refractivity contribution in [2.24, 2.45) is 0 Å². The largest absolute Gasteiger partial charge is 0.314 e. The summed E-state index contributed by atoms with van der Waals surface area (Å²) in [6.45, 7) is 8.33. The van der Waals surface area contributed by atoms with Gasteiger partial charge in [-0.25, -0.2) is 0 Å². The molecule has 1 aromatic heterocycles. The predicted octanol–water partition coefficient (Wildman–Crippen LogP) is 2.89. The van der Waals surface area contributed by atoms with E-state index in [1.54, 1.807) is 0 Å². The zero-order valence-corrected chi connectivity index (χ0v) is 14.4. The van der Waals surface area contributed by atoms with Crippen molar-refractivity contribution in [1.82, 2.24) is 15.1 Å². The molecule has 4 rings (SSSR count). The Bertz CT molecular complexity index is 619. The highest BCUT2D eigenvalue weighted by Crippen LogP contribution is 2.27. The Labute approximate surface area is 142 Å². The third-order valence-corrected chi connectivity index (χ3v) is 5.98. The number of likely N-dealkylation sites (tertiary alicyclic amines) is 1. The standard InChI is InChI=1S/C19H25N3S/c1-2-4-16(5-3-1)17-12-19(23-15-17)14-21-9-6-18(13-21)22-10-7-20-8-11-22/h1-5,12,15,18,20H,6-11,13-14H2. The first-order chi connectivity index (χ1) is 11.4. The molecule has 1 aromatic carbocycles. The molecule has 1 N–H and O–H groups in total. The molecule has 122 valence electrons. The molecule has 1 unspecified atom stereocenters. The first-order valence-corrected chi connectivity index (χ1v) is 9.56. The fourth-order valence-corrected chi connectivity index (χ4v) is 4.70. The van der Waals surface area contributed by atoms with Gasteiger partial charge in [-0.3, -0.25) is 9.80 Å². The van der Waals surface area contributed by atoms with Crippen LogP contribution in [0.4, 0.5) is 0 Å². The highest BCUT2D eigenvalue weighted by molar-refractivity contribution is 7.10. The van der Waals surface area contributed by atoms with Crippen LogP contribution in [-0.2, 0) is 6.54 Å². The van der Waals surface area contributed by atoms with Gasteiger partial charge < -0.3 is 5.32 Å². The summed E-state index contributed by atoms with van der Waals surface area (Å²) in [6, 6.07) is 13.8. The zero-order valence-electron chi connectivity index (χ0n) is 13.6. The molecule has 2 saturated heterocycles. The maximum atomic E-state index is 3.45. The van der Waals surface area contributed by atoms with Crippen LogP contribution in [0.2, 0.25) is 0 Å². The van der Waals surface area contributed by atoms with Gasteiger partial charge in [0.15, 0.2) is 0 Å². The lowest BCUT2D eigenvalue weighted by Gasteiger charge is -2.32. The molecule has 0 radical (unpaired) electrons. The molecule has 0 spiro atoms. The van der Waals surface area contributed by atoms with Crippen LogP contribution in [0, 0.1) is 0 Å². The van der Waals surface area contributed by atoms with Crippen molar-refractivity contribution in [3.8, 4) is 11.1 Å². The Hall–Kier alpha value is -1.20. The minimum Gasteiger partial charge on any atom is -0.314 e. The molecule has 23 heavy (non-hydrogen) atoms. The normalized spacial score (nSPS) is 23.4. The van der Waals surface area contributed by atoms with E-state index in [-0.39, 0.29) is 0 Å². The summed E-state index contributed by atoms with van der Waals surface area (Å²) >= 11 is 1.90. The van der Waals surface area contributed by atoms with E-state index in [0.717, 1.165) is 25.7 Å². The van der Waals surface area contributed by atoms with Crippen molar-refractivity contribution in [1.29, 1.82) is 0 Å². The molecule has 0 amide bonds. The maximum absolute atomic E-state index is 3.45. The Kier molecular flexibility index (Phi) is 4.76. The number of hydrogen-bond donors (Lipinski definition) is 1. The van der Waals surface area contributed by atoms with Crippen molar-refractivity contribution in [3.63, 3.8) is 0 Å². The highest BCUT2D eigenvalue weighted by atomic mass is 32.1. The minimum absolute atomic E-state index is 0.769. The first-order valence-electron chi connectivity index (χ1n) is 8.68. The van der Waals surface area contributed by atoms with Gasteiger partial charge in [-0.2, -0.15) is 0 Å². The Morgan fingerprint density at radius 3 is 2.70 bits per heavy atom. The average Bonchev–Trinajstić information content (AvgIpc) is 3.27. The van der Waals surface area contributed by atoms with E-state index in [2.05, 4.69) is 56.9 Å². The predicted molar refractivity (Wildman–Crippen MR) is 97.9 cm³/mol. The molecule has 0 bridgehead atoms. The van der Waals surface area contributed by atoms with Crippen LogP contribution in [0.5, 0.6) is 0 Å². The van der Waals surface area contributed by atoms with Crippen LogP contribution in [-0.4, -0.2) is 55.1 Å². The molecular formula is C19H25N3S. The molecule has 0 saturated carbocycles. The van der Waals surface area contributed by atoms with Gasteiger partial charge in [0.05, 0.1) is 0 Å². The Morgan fingerprint density at radius 2 is 1.87 bits per heavy atom. The molecule has 2 aliphatic rings. The van der Waals surface area contributed by atoms with Crippen LogP contribution < -0.4 is 5.32 Å². The Morgan fingerprint density at radius 1 is 1.04 bits per heavy atom. The maximum Gasteiger partial charge on any atom is 0.0328 e. The Balaban J connectivity index is 1.35. The van der Waals surface area contributed by atoms with Crippen LogP contribution in [0.1, 0.15) is 11.3 Å². The van der Waals surface area contributed by atoms with Crippen molar-refractivity contribution in [2.75, 3.05) is 39.3 Å². The van der Waals surface area contributed by atoms with E-state index < -0.39 is 0 Å². The van der Waals surface area contributed by atoms with E-state index in [9.17, 15) is 0 Å². The summed E-state index contributed by atoms with van der Waals surface area (Å²) in [6.07, 6.45) is 1.33. The number of rotatable bonds is 4. The van der Waals surface area contributed by atoms with Gasteiger partial charge in [0.1, 0.15) is 0 Å². The van der Waals surface area contributed by atoms with Gasteiger partial charge in [-0.1, -0.05) is 30.3 Å². The minimum atomic E-state index is 0.769. The van der Waals surface area contributed by atoms with E-state index >= 15 is 0 Å². The van der Waals surface area contributed by atoms with E-state index in [1.807, 2.05) is 11.3 Å². The summed E-state index contributed by atoms with van der Waals surface area (Å²) in [5, 5.41) is 5.75. The molecular weight excluding hydrogens is 302 g/mol. The van der Waals surface area contributed by atoms with E-state index in [0.29, 0.717) is 0 Å². The molecule has 0 aliphatic carbocycles. The number of nitrogens with zero attached hydrogens (tertiary/aromatic N) is 2. The zero-order chi connectivity index (χ0) is 15.5. The fraction of sp³-hybridized carbons (Fsp3) is 0.474. The lowest BCUT2D eigenvalue weighted by molar-refractivity contribution is 0.170. The molecule has 2 fully saturated rings. The third kappa shape index (κ3) is 3.66. The fourth-order valence-electron chi connectivity index (χ4n) is 3.77. The summed E-state index contributed by atoms with van der Waals surface area (Å²) in [7, 11) is 0. The molecule has 2 aliphatic heterocycles. The van der Waals surface area contributed by atoms with E-state index in [4.69, 9.17) is 0 Å². The van der Waals surface area contributed by atoms with Gasteiger partial charge in [0.25, 0.3) is 0 Å². The van der Waals surface area contributed by atoms with Crippen molar-refractivity contribution in [3.05, 3.63) is 46.7 Å². The van der Waals surface area contributed by atoms with E-state index in [1.165, 1.54) is 48.6 Å². The lowest BCUT2D eigenvalue weighted by Crippen LogP contribution is -2.49. The summed E-state index contributed by atoms with van der Waals surface area (Å²) in [4.78, 5) is 6.80. The second-order valence-electron chi connectivity index (χ2n) is 6.63. The van der Waals surface area contributed by atoms with Gasteiger partial charge in [0.2, 0.25) is 0 Å². The number of benzene rings is 1. The lowest BCUT2D eigenvalue weighted by atomic mass is 10.1. The summed E-state index contributed by atoms with van der Waals surface area (Å²) < 4.78 is 0. The topological polar surface area (TPSA) is 18.5 Å². The van der Waals surface area contributed by atoms with Crippen LogP contribution in [0.25, 0.3) is 11.1 Å². The third-order valence-electron chi connectivity index (χ3n) is 5.06. The van der Waals surface area contributed by atoms with Crippen molar-refractivity contribution in [2.45, 2.75) is 19.0 Å². The van der Waals surface area contributed by atoms with Crippen LogP contribution >= 0.6 is 11.3 Å². The molecule has 2 aromatic rings. The quantitative estimate of drug-likeness (QED) is 0.931. The number of thiophene rings is 1. The van der Waals surface area contributed by atoms with Crippen molar-refractivity contribution < 1.29 is 0 Å². The van der Waals surface area contributed by atoms with Gasteiger partial charge in [0, 0.05) is 56.7 Å². The second-order valence-corrected chi connectivity index (χ2v) is 7.63. The monoisotopic (exact) mass is 327 g/mol. The number of piperazine rings is 1. The number of hydrogen-bond acceptors (Lipinski definition) is 4. The van der Waals surface area contributed by atoms with Crippen molar-refractivity contribution >= 4 is 11.3 Å². The number of nitrogens with one attached hydrogen (secondary N) is 1. The highest BCUT2D eigenvalue weighted by Gasteiger charge is 2.28. The van der Waals surface area contributed by atoms with Gasteiger partial charge in [-0.05, 0) is 29.0 Å². The molecule has 1 atom stereocenters. The molecule has 3 heterocycles. The summed E-state index contributed by atoms with van der Waals surface area (Å²) in [5.41, 5.74) is 2.69. The first kappa shape index (κ1) is 15.3. The molecule has 4 heteroatoms. The summed E-state index contributed by atoms with van der Waals surface area (Å²) in [5.74, 6) is 0. The van der Waals surface area contributed by atoms with Crippen LogP contribution in [0.3, 0.4) is 0 Å².